The van der Waals surface area contributed by atoms with Gasteiger partial charge in [0.25, 0.3) is 5.92 Å². The normalized spacial score (nSPS) is 22.5. The minimum absolute atomic E-state index is 0.0562. The highest BCUT2D eigenvalue weighted by Crippen LogP contribution is 2.35. The van der Waals surface area contributed by atoms with Crippen molar-refractivity contribution in [3.8, 4) is 0 Å². The van der Waals surface area contributed by atoms with E-state index < -0.39 is 23.9 Å². The van der Waals surface area contributed by atoms with E-state index in [1.165, 1.54) is 7.05 Å². The van der Waals surface area contributed by atoms with Crippen LogP contribution in [-0.2, 0) is 9.59 Å². The Kier molecular flexibility index (Phi) is 2.83. The fourth-order valence-electron chi connectivity index (χ4n) is 1.21. The highest BCUT2D eigenvalue weighted by molar-refractivity contribution is 5.88. The molecular weight excluding hydrogens is 194 g/mol. The Morgan fingerprint density at radius 3 is 2.79 bits per heavy atom. The number of allylic oxidation sites excluding steroid dienone is 1. The number of carbonyl (C=O) groups excluding carboxylic acids is 2. The molecule has 0 aromatic carbocycles. The Labute approximate surface area is 79.6 Å². The van der Waals surface area contributed by atoms with Gasteiger partial charge >= 0.3 is 0 Å². The highest BCUT2D eigenvalue weighted by Gasteiger charge is 2.44. The summed E-state index contributed by atoms with van der Waals surface area (Å²) < 4.78 is 26.2. The lowest BCUT2D eigenvalue weighted by Gasteiger charge is -2.14. The van der Waals surface area contributed by atoms with Crippen LogP contribution in [0.1, 0.15) is 6.42 Å². The topological polar surface area (TPSA) is 49.4 Å². The number of rotatable bonds is 2. The van der Waals surface area contributed by atoms with E-state index in [9.17, 15) is 18.4 Å². The lowest BCUT2D eigenvalue weighted by atomic mass is 10.2. The van der Waals surface area contributed by atoms with Crippen LogP contribution in [0.5, 0.6) is 0 Å². The third kappa shape index (κ3) is 1.89. The molecule has 0 unspecified atom stereocenters. The number of nitrogens with one attached hydrogen (secondary N) is 1. The summed E-state index contributed by atoms with van der Waals surface area (Å²) in [5.41, 5.74) is -0.535. The van der Waals surface area contributed by atoms with Crippen molar-refractivity contribution in [1.29, 1.82) is 0 Å². The van der Waals surface area contributed by atoms with Crippen LogP contribution in [0.15, 0.2) is 11.8 Å². The lowest BCUT2D eigenvalue weighted by molar-refractivity contribution is -0.117. The number of likely N-dealkylation sites (tertiary alicyclic amines) is 1. The van der Waals surface area contributed by atoms with Gasteiger partial charge in [-0.2, -0.15) is 8.78 Å². The summed E-state index contributed by atoms with van der Waals surface area (Å²) in [7, 11) is 1.33. The first-order chi connectivity index (χ1) is 6.51. The standard InChI is InChI=1S/C8H10F2N2O2/c1-11-7(14)4-6-8(9,10)2-3-12(6)5-13/h4-5H,2-3H2,1H3,(H,11,14)/b6-4-. The molecule has 0 spiro atoms. The molecule has 14 heavy (non-hydrogen) atoms. The number of hydrogen-bond acceptors (Lipinski definition) is 2. The van der Waals surface area contributed by atoms with Gasteiger partial charge in [-0.05, 0) is 0 Å². The van der Waals surface area contributed by atoms with Crippen molar-refractivity contribution in [1.82, 2.24) is 10.2 Å². The molecule has 1 aliphatic rings. The Balaban J connectivity index is 2.95. The number of alkyl halides is 2. The highest BCUT2D eigenvalue weighted by atomic mass is 19.3. The minimum Gasteiger partial charge on any atom is -0.356 e. The molecule has 1 aliphatic heterocycles. The summed E-state index contributed by atoms with van der Waals surface area (Å²) in [5.74, 6) is -3.73. The van der Waals surface area contributed by atoms with Crippen LogP contribution in [-0.4, -0.2) is 36.7 Å². The molecule has 0 aliphatic carbocycles. The smallest absolute Gasteiger partial charge is 0.289 e. The third-order valence-corrected chi connectivity index (χ3v) is 1.99. The Hall–Kier alpha value is -1.46. The minimum atomic E-state index is -3.09. The fourth-order valence-corrected chi connectivity index (χ4v) is 1.21. The van der Waals surface area contributed by atoms with Crippen LogP contribution >= 0.6 is 0 Å². The van der Waals surface area contributed by atoms with Crippen LogP contribution in [0, 0.1) is 0 Å². The van der Waals surface area contributed by atoms with Gasteiger partial charge in [0, 0.05) is 26.1 Å². The van der Waals surface area contributed by atoms with Crippen molar-refractivity contribution in [3.05, 3.63) is 11.8 Å². The first kappa shape index (κ1) is 10.6. The molecular formula is C8H10F2N2O2. The predicted octanol–water partition coefficient (Wildman–Crippen LogP) is 0.114. The molecule has 0 aromatic rings. The quantitative estimate of drug-likeness (QED) is 0.512. The molecule has 1 heterocycles. The second-order valence-corrected chi connectivity index (χ2v) is 2.90. The Bertz CT molecular complexity index is 289. The van der Waals surface area contributed by atoms with Gasteiger partial charge in [0.05, 0.1) is 5.70 Å². The van der Waals surface area contributed by atoms with Crippen molar-refractivity contribution in [2.45, 2.75) is 12.3 Å². The second kappa shape index (κ2) is 3.73. The van der Waals surface area contributed by atoms with E-state index in [1.807, 2.05) is 0 Å². The molecule has 1 rings (SSSR count). The van der Waals surface area contributed by atoms with Crippen LogP contribution < -0.4 is 5.32 Å². The van der Waals surface area contributed by atoms with Crippen molar-refractivity contribution in [3.63, 3.8) is 0 Å². The van der Waals surface area contributed by atoms with Gasteiger partial charge in [-0.25, -0.2) is 0 Å². The summed E-state index contributed by atoms with van der Waals surface area (Å²) in [5, 5.41) is 2.18. The molecule has 0 aromatic heterocycles. The van der Waals surface area contributed by atoms with Crippen LogP contribution in [0.3, 0.4) is 0 Å². The average Bonchev–Trinajstić information content (AvgIpc) is 2.42. The number of nitrogens with zero attached hydrogens (tertiary/aromatic N) is 1. The zero-order chi connectivity index (χ0) is 10.8. The first-order valence-corrected chi connectivity index (χ1v) is 4.05. The molecule has 1 saturated heterocycles. The van der Waals surface area contributed by atoms with Gasteiger partial charge in [0.2, 0.25) is 12.3 Å². The van der Waals surface area contributed by atoms with Gasteiger partial charge in [0.1, 0.15) is 0 Å². The van der Waals surface area contributed by atoms with Crippen LogP contribution in [0.4, 0.5) is 8.78 Å². The van der Waals surface area contributed by atoms with Crippen molar-refractivity contribution in [2.24, 2.45) is 0 Å². The Morgan fingerprint density at radius 1 is 1.64 bits per heavy atom. The van der Waals surface area contributed by atoms with Crippen LogP contribution in [0.2, 0.25) is 0 Å². The van der Waals surface area contributed by atoms with E-state index in [0.717, 1.165) is 11.0 Å². The average molecular weight is 204 g/mol. The summed E-state index contributed by atoms with van der Waals surface area (Å²) >= 11 is 0. The SMILES string of the molecule is CNC(=O)/C=C1\N(C=O)CCC1(F)F. The van der Waals surface area contributed by atoms with Crippen molar-refractivity contribution in [2.75, 3.05) is 13.6 Å². The maximum absolute atomic E-state index is 13.1. The van der Waals surface area contributed by atoms with E-state index in [0.29, 0.717) is 6.41 Å². The monoisotopic (exact) mass is 204 g/mol. The van der Waals surface area contributed by atoms with Crippen LogP contribution in [0.25, 0.3) is 0 Å². The first-order valence-electron chi connectivity index (χ1n) is 4.05. The molecule has 0 atom stereocenters. The lowest BCUT2D eigenvalue weighted by Crippen LogP contribution is -2.25. The number of halogens is 2. The second-order valence-electron chi connectivity index (χ2n) is 2.90. The summed E-state index contributed by atoms with van der Waals surface area (Å²) in [6, 6.07) is 0. The summed E-state index contributed by atoms with van der Waals surface area (Å²) in [4.78, 5) is 22.1. The van der Waals surface area contributed by atoms with E-state index in [1.54, 1.807) is 0 Å². The molecule has 1 fully saturated rings. The van der Waals surface area contributed by atoms with Gasteiger partial charge < -0.3 is 10.2 Å². The predicted molar refractivity (Wildman–Crippen MR) is 44.5 cm³/mol. The number of amides is 2. The molecule has 6 heteroatoms. The van der Waals surface area contributed by atoms with Gasteiger partial charge in [-0.3, -0.25) is 9.59 Å². The molecule has 1 N–H and O–H groups in total. The maximum atomic E-state index is 13.1. The van der Waals surface area contributed by atoms with Crippen molar-refractivity contribution >= 4 is 12.3 Å². The van der Waals surface area contributed by atoms with Gasteiger partial charge in [-0.15, -0.1) is 0 Å². The van der Waals surface area contributed by atoms with Gasteiger partial charge in [-0.1, -0.05) is 0 Å². The largest absolute Gasteiger partial charge is 0.356 e. The van der Waals surface area contributed by atoms with E-state index in [2.05, 4.69) is 5.32 Å². The molecule has 0 radical (unpaired) electrons. The molecule has 0 bridgehead atoms. The molecule has 4 nitrogen and oxygen atoms in total. The number of likely N-dealkylation sites (N-methyl/N-ethyl adjacent to an activating group) is 1. The molecule has 2 amide bonds. The van der Waals surface area contributed by atoms with Gasteiger partial charge in [0.15, 0.2) is 0 Å². The summed E-state index contributed by atoms with van der Waals surface area (Å²) in [6.07, 6.45) is 0.617. The summed E-state index contributed by atoms with van der Waals surface area (Å²) in [6.45, 7) is -0.0562. The Morgan fingerprint density at radius 2 is 2.29 bits per heavy atom. The maximum Gasteiger partial charge on any atom is 0.289 e. The number of hydrogen-bond donors (Lipinski definition) is 1. The molecule has 78 valence electrons. The number of carbonyl (C=O) groups is 2. The zero-order valence-electron chi connectivity index (χ0n) is 7.59. The van der Waals surface area contributed by atoms with E-state index in [-0.39, 0.29) is 6.54 Å². The van der Waals surface area contributed by atoms with E-state index >= 15 is 0 Å². The van der Waals surface area contributed by atoms with Crippen molar-refractivity contribution < 1.29 is 18.4 Å². The fraction of sp³-hybridized carbons (Fsp3) is 0.500. The zero-order valence-corrected chi connectivity index (χ0v) is 7.59. The third-order valence-electron chi connectivity index (χ3n) is 1.99. The van der Waals surface area contributed by atoms with E-state index in [4.69, 9.17) is 0 Å². The molecule has 0 saturated carbocycles.